The molecule has 1 aliphatic heterocycles. The van der Waals surface area contributed by atoms with E-state index < -0.39 is 10.0 Å². The number of aliphatic imine (C=N–C) groups is 1. The number of guanidine groups is 1. The number of halogens is 1. The van der Waals surface area contributed by atoms with Gasteiger partial charge >= 0.3 is 0 Å². The summed E-state index contributed by atoms with van der Waals surface area (Å²) in [7, 11) is 1.41. The zero-order valence-corrected chi connectivity index (χ0v) is 19.8. The lowest BCUT2D eigenvalue weighted by Crippen LogP contribution is -2.47. The zero-order valence-electron chi connectivity index (χ0n) is 15.8. The molecule has 1 aliphatic rings. The standard InChI is InChI=1S/C17H28N4O2S2.HI/c1-5-15-13-21(10-11-24-15)17(18-2)19-12-14-8-6-7-9-16(14)25(22,23)20(3)4;/h6-9,15H,5,10-13H2,1-4H3,(H,18,19);1H. The molecule has 2 rings (SSSR count). The molecular formula is C17H29IN4O2S2. The molecule has 1 unspecified atom stereocenters. The predicted octanol–water partition coefficient (Wildman–Crippen LogP) is 2.46. The van der Waals surface area contributed by atoms with E-state index in [1.165, 1.54) is 4.31 Å². The third-order valence-corrected chi connectivity index (χ3v) is 7.56. The smallest absolute Gasteiger partial charge is 0.242 e. The number of thioether (sulfide) groups is 1. The molecule has 1 saturated heterocycles. The van der Waals surface area contributed by atoms with E-state index in [2.05, 4.69) is 22.1 Å². The lowest BCUT2D eigenvalue weighted by molar-refractivity contribution is 0.408. The molecule has 0 bridgehead atoms. The lowest BCUT2D eigenvalue weighted by Gasteiger charge is -2.34. The SMILES string of the molecule is CCC1CN(C(=NC)NCc2ccccc2S(=O)(=O)N(C)C)CCS1.I. The molecule has 0 aliphatic carbocycles. The first-order chi connectivity index (χ1) is 11.9. The second kappa shape index (κ2) is 10.7. The minimum atomic E-state index is -3.46. The Labute approximate surface area is 178 Å². The highest BCUT2D eigenvalue weighted by Gasteiger charge is 2.23. The van der Waals surface area contributed by atoms with Gasteiger partial charge in [0.15, 0.2) is 5.96 Å². The van der Waals surface area contributed by atoms with Crippen LogP contribution in [0.2, 0.25) is 0 Å². The molecule has 1 aromatic rings. The molecule has 6 nitrogen and oxygen atoms in total. The van der Waals surface area contributed by atoms with E-state index in [9.17, 15) is 8.42 Å². The first-order valence-electron chi connectivity index (χ1n) is 8.47. The van der Waals surface area contributed by atoms with Gasteiger partial charge in [0.05, 0.1) is 4.90 Å². The van der Waals surface area contributed by atoms with Crippen LogP contribution in [0.4, 0.5) is 0 Å². The van der Waals surface area contributed by atoms with E-state index in [1.807, 2.05) is 23.9 Å². The average molecular weight is 512 g/mol. The summed E-state index contributed by atoms with van der Waals surface area (Å²) in [5.74, 6) is 1.92. The first-order valence-corrected chi connectivity index (χ1v) is 11.0. The predicted molar refractivity (Wildman–Crippen MR) is 121 cm³/mol. The van der Waals surface area contributed by atoms with Crippen molar-refractivity contribution in [1.82, 2.24) is 14.5 Å². The summed E-state index contributed by atoms with van der Waals surface area (Å²) in [5.41, 5.74) is 0.746. The Bertz CT molecular complexity index is 710. The number of rotatable bonds is 5. The lowest BCUT2D eigenvalue weighted by atomic mass is 10.2. The summed E-state index contributed by atoms with van der Waals surface area (Å²) in [5, 5.41) is 3.95. The van der Waals surface area contributed by atoms with Gasteiger partial charge in [0, 0.05) is 51.8 Å². The molecule has 1 atom stereocenters. The van der Waals surface area contributed by atoms with E-state index >= 15 is 0 Å². The van der Waals surface area contributed by atoms with Gasteiger partial charge in [0.1, 0.15) is 0 Å². The van der Waals surface area contributed by atoms with Crippen molar-refractivity contribution in [3.05, 3.63) is 29.8 Å². The van der Waals surface area contributed by atoms with Gasteiger partial charge in [-0.25, -0.2) is 12.7 Å². The number of benzene rings is 1. The van der Waals surface area contributed by atoms with E-state index in [4.69, 9.17) is 0 Å². The van der Waals surface area contributed by atoms with E-state index in [0.29, 0.717) is 16.7 Å². The van der Waals surface area contributed by atoms with Crippen LogP contribution in [-0.4, -0.2) is 68.8 Å². The van der Waals surface area contributed by atoms with Gasteiger partial charge in [-0.3, -0.25) is 4.99 Å². The average Bonchev–Trinajstić information content (AvgIpc) is 2.62. The first kappa shape index (κ1) is 23.5. The minimum absolute atomic E-state index is 0. The van der Waals surface area contributed by atoms with Crippen molar-refractivity contribution >= 4 is 51.7 Å². The molecule has 0 amide bonds. The maximum Gasteiger partial charge on any atom is 0.242 e. The quantitative estimate of drug-likeness (QED) is 0.373. The molecule has 9 heteroatoms. The van der Waals surface area contributed by atoms with Crippen molar-refractivity contribution in [2.75, 3.05) is 40.0 Å². The molecule has 1 heterocycles. The van der Waals surface area contributed by atoms with Crippen molar-refractivity contribution in [1.29, 1.82) is 0 Å². The highest BCUT2D eigenvalue weighted by molar-refractivity contribution is 14.0. The Morgan fingerprint density at radius 3 is 2.69 bits per heavy atom. The van der Waals surface area contributed by atoms with Crippen molar-refractivity contribution in [2.45, 2.75) is 30.0 Å². The second-order valence-electron chi connectivity index (χ2n) is 6.14. The Morgan fingerprint density at radius 1 is 1.38 bits per heavy atom. The van der Waals surface area contributed by atoms with Crippen LogP contribution < -0.4 is 5.32 Å². The number of hydrogen-bond donors (Lipinski definition) is 1. The van der Waals surface area contributed by atoms with Crippen LogP contribution in [0.15, 0.2) is 34.2 Å². The minimum Gasteiger partial charge on any atom is -0.352 e. The number of hydrogen-bond acceptors (Lipinski definition) is 4. The Morgan fingerprint density at radius 2 is 2.08 bits per heavy atom. The van der Waals surface area contributed by atoms with Gasteiger partial charge in [0.2, 0.25) is 10.0 Å². The molecule has 1 aromatic carbocycles. The van der Waals surface area contributed by atoms with E-state index in [0.717, 1.165) is 36.8 Å². The van der Waals surface area contributed by atoms with Crippen LogP contribution >= 0.6 is 35.7 Å². The van der Waals surface area contributed by atoms with E-state index in [1.54, 1.807) is 33.3 Å². The van der Waals surface area contributed by atoms with Crippen LogP contribution in [0.1, 0.15) is 18.9 Å². The third kappa shape index (κ3) is 5.74. The molecule has 0 aromatic heterocycles. The van der Waals surface area contributed by atoms with Gasteiger partial charge in [-0.1, -0.05) is 25.1 Å². The summed E-state index contributed by atoms with van der Waals surface area (Å²) in [6, 6.07) is 7.11. The molecule has 1 N–H and O–H groups in total. The van der Waals surface area contributed by atoms with Gasteiger partial charge < -0.3 is 10.2 Å². The molecule has 0 radical (unpaired) electrons. The fourth-order valence-electron chi connectivity index (χ4n) is 2.76. The fraction of sp³-hybridized carbons (Fsp3) is 0.588. The Kier molecular flexibility index (Phi) is 9.70. The van der Waals surface area contributed by atoms with Crippen LogP contribution in [-0.2, 0) is 16.6 Å². The highest BCUT2D eigenvalue weighted by atomic mass is 127. The third-order valence-electron chi connectivity index (χ3n) is 4.27. The van der Waals surface area contributed by atoms with Crippen molar-refractivity contribution < 1.29 is 8.42 Å². The summed E-state index contributed by atoms with van der Waals surface area (Å²) in [4.78, 5) is 6.98. The molecule has 1 fully saturated rings. The van der Waals surface area contributed by atoms with Crippen molar-refractivity contribution in [3.63, 3.8) is 0 Å². The van der Waals surface area contributed by atoms with E-state index in [-0.39, 0.29) is 24.0 Å². The van der Waals surface area contributed by atoms with Gasteiger partial charge in [-0.2, -0.15) is 11.8 Å². The van der Waals surface area contributed by atoms with Crippen LogP contribution in [0.5, 0.6) is 0 Å². The Balaban J connectivity index is 0.00000338. The number of nitrogens with one attached hydrogen (secondary N) is 1. The van der Waals surface area contributed by atoms with Crippen LogP contribution in [0.25, 0.3) is 0 Å². The normalized spacial score (nSPS) is 18.6. The summed E-state index contributed by atoms with van der Waals surface area (Å²) in [6.07, 6.45) is 1.14. The monoisotopic (exact) mass is 512 g/mol. The molecule has 0 saturated carbocycles. The molecule has 148 valence electrons. The topological polar surface area (TPSA) is 65.0 Å². The van der Waals surface area contributed by atoms with Crippen LogP contribution in [0, 0.1) is 0 Å². The molecule has 0 spiro atoms. The second-order valence-corrected chi connectivity index (χ2v) is 9.67. The van der Waals surface area contributed by atoms with Gasteiger partial charge in [0.25, 0.3) is 0 Å². The van der Waals surface area contributed by atoms with Gasteiger partial charge in [-0.05, 0) is 18.1 Å². The van der Waals surface area contributed by atoms with Crippen molar-refractivity contribution in [2.24, 2.45) is 4.99 Å². The van der Waals surface area contributed by atoms with Crippen LogP contribution in [0.3, 0.4) is 0 Å². The number of sulfonamides is 1. The fourth-order valence-corrected chi connectivity index (χ4v) is 5.06. The number of nitrogens with zero attached hydrogens (tertiary/aromatic N) is 3. The molecule has 26 heavy (non-hydrogen) atoms. The highest BCUT2D eigenvalue weighted by Crippen LogP contribution is 2.22. The summed E-state index contributed by atoms with van der Waals surface area (Å²) < 4.78 is 26.3. The summed E-state index contributed by atoms with van der Waals surface area (Å²) in [6.45, 7) is 4.56. The summed E-state index contributed by atoms with van der Waals surface area (Å²) >= 11 is 2.01. The van der Waals surface area contributed by atoms with Gasteiger partial charge in [-0.15, -0.1) is 24.0 Å². The largest absolute Gasteiger partial charge is 0.352 e. The Hall–Kier alpha value is -0.520. The molecular weight excluding hydrogens is 483 g/mol. The zero-order chi connectivity index (χ0) is 18.4. The maximum atomic E-state index is 12.5. The van der Waals surface area contributed by atoms with Crippen molar-refractivity contribution in [3.8, 4) is 0 Å². The maximum absolute atomic E-state index is 12.5.